The van der Waals surface area contributed by atoms with Crippen molar-refractivity contribution in [3.05, 3.63) is 30.1 Å². The van der Waals surface area contributed by atoms with Crippen LogP contribution in [-0.4, -0.2) is 78.2 Å². The van der Waals surface area contributed by atoms with Gasteiger partial charge in [-0.3, -0.25) is 19.3 Å². The van der Waals surface area contributed by atoms with Crippen molar-refractivity contribution in [1.29, 1.82) is 0 Å². The summed E-state index contributed by atoms with van der Waals surface area (Å²) in [4.78, 5) is 41.3. The van der Waals surface area contributed by atoms with Crippen LogP contribution >= 0.6 is 0 Å². The number of anilines is 1. The monoisotopic (exact) mass is 362 g/mol. The van der Waals surface area contributed by atoms with Gasteiger partial charge in [0.2, 0.25) is 17.7 Å². The maximum atomic E-state index is 13.1. The normalized spacial score (nSPS) is 18.3. The highest BCUT2D eigenvalue weighted by atomic mass is 19.1. The van der Waals surface area contributed by atoms with Gasteiger partial charge in [0.1, 0.15) is 5.82 Å². The van der Waals surface area contributed by atoms with Crippen LogP contribution < -0.4 is 5.32 Å². The molecule has 3 rings (SSSR count). The molecule has 2 aliphatic heterocycles. The van der Waals surface area contributed by atoms with Gasteiger partial charge < -0.3 is 15.1 Å². The van der Waals surface area contributed by atoms with Crippen molar-refractivity contribution in [3.8, 4) is 0 Å². The second-order valence-corrected chi connectivity index (χ2v) is 6.63. The van der Waals surface area contributed by atoms with E-state index in [-0.39, 0.29) is 30.8 Å². The minimum absolute atomic E-state index is 0.0379. The van der Waals surface area contributed by atoms with Crippen molar-refractivity contribution in [2.24, 2.45) is 0 Å². The molecule has 3 amide bonds. The number of rotatable bonds is 5. The number of nitrogens with one attached hydrogen (secondary N) is 1. The molecule has 1 aromatic rings. The van der Waals surface area contributed by atoms with Gasteiger partial charge in [-0.1, -0.05) is 6.07 Å². The second-order valence-electron chi connectivity index (χ2n) is 6.63. The molecule has 0 radical (unpaired) electrons. The summed E-state index contributed by atoms with van der Waals surface area (Å²) < 4.78 is 13.1. The fraction of sp³-hybridized carbons (Fsp3) is 0.500. The third-order valence-corrected chi connectivity index (χ3v) is 4.70. The third kappa shape index (κ3) is 4.78. The van der Waals surface area contributed by atoms with Gasteiger partial charge in [-0.15, -0.1) is 0 Å². The summed E-state index contributed by atoms with van der Waals surface area (Å²) in [5.74, 6) is -0.598. The Kier molecular flexibility index (Phi) is 5.82. The van der Waals surface area contributed by atoms with Crippen LogP contribution in [0.2, 0.25) is 0 Å². The van der Waals surface area contributed by atoms with Crippen LogP contribution in [0.15, 0.2) is 24.3 Å². The molecule has 0 atom stereocenters. The summed E-state index contributed by atoms with van der Waals surface area (Å²) >= 11 is 0. The van der Waals surface area contributed by atoms with Crippen molar-refractivity contribution in [3.63, 3.8) is 0 Å². The lowest BCUT2D eigenvalue weighted by Gasteiger charge is -2.35. The summed E-state index contributed by atoms with van der Waals surface area (Å²) in [6.07, 6.45) is 1.35. The second kappa shape index (κ2) is 8.27. The van der Waals surface area contributed by atoms with E-state index in [9.17, 15) is 18.8 Å². The summed E-state index contributed by atoms with van der Waals surface area (Å²) in [6, 6.07) is 5.77. The van der Waals surface area contributed by atoms with E-state index in [1.165, 1.54) is 12.1 Å². The first kappa shape index (κ1) is 18.3. The van der Waals surface area contributed by atoms with Gasteiger partial charge in [-0.2, -0.15) is 0 Å². The predicted octanol–water partition coefficient (Wildman–Crippen LogP) is 0.531. The molecular weight excluding hydrogens is 339 g/mol. The Balaban J connectivity index is 1.41. The largest absolute Gasteiger partial charge is 0.339 e. The van der Waals surface area contributed by atoms with Crippen LogP contribution in [0.4, 0.5) is 10.1 Å². The first-order chi connectivity index (χ1) is 12.5. The number of carbonyl (C=O) groups is 3. The molecule has 7 nitrogen and oxygen atoms in total. The summed E-state index contributed by atoms with van der Waals surface area (Å²) in [6.45, 7) is 3.27. The SMILES string of the molecule is O=C(CN1CCN(C(=O)CN2CCCC2=O)CC1)Nc1cccc(F)c1. The first-order valence-corrected chi connectivity index (χ1v) is 8.84. The van der Waals surface area contributed by atoms with E-state index in [4.69, 9.17) is 0 Å². The summed E-state index contributed by atoms with van der Waals surface area (Å²) in [5, 5.41) is 2.67. The van der Waals surface area contributed by atoms with Crippen molar-refractivity contribution in [1.82, 2.24) is 14.7 Å². The molecule has 26 heavy (non-hydrogen) atoms. The van der Waals surface area contributed by atoms with Gasteiger partial charge >= 0.3 is 0 Å². The average Bonchev–Trinajstić information content (AvgIpc) is 3.00. The van der Waals surface area contributed by atoms with Crippen molar-refractivity contribution in [2.75, 3.05) is 51.1 Å². The van der Waals surface area contributed by atoms with E-state index < -0.39 is 5.82 Å². The standard InChI is InChI=1S/C18H23FN4O3/c19-14-3-1-4-15(11-14)20-16(24)12-21-7-9-22(10-8-21)18(26)13-23-6-2-5-17(23)25/h1,3-4,11H,2,5-10,12-13H2,(H,20,24). The highest BCUT2D eigenvalue weighted by Gasteiger charge is 2.27. The number of piperazine rings is 1. The molecule has 140 valence electrons. The molecule has 0 aromatic heterocycles. The molecule has 0 unspecified atom stereocenters. The van der Waals surface area contributed by atoms with Crippen molar-refractivity contribution >= 4 is 23.4 Å². The molecular formula is C18H23FN4O3. The van der Waals surface area contributed by atoms with Crippen LogP contribution in [0.1, 0.15) is 12.8 Å². The molecule has 1 aromatic carbocycles. The van der Waals surface area contributed by atoms with Crippen molar-refractivity contribution < 1.29 is 18.8 Å². The zero-order valence-corrected chi connectivity index (χ0v) is 14.6. The highest BCUT2D eigenvalue weighted by molar-refractivity contribution is 5.92. The van der Waals surface area contributed by atoms with E-state index in [1.54, 1.807) is 21.9 Å². The van der Waals surface area contributed by atoms with E-state index in [0.717, 1.165) is 6.42 Å². The lowest BCUT2D eigenvalue weighted by Crippen LogP contribution is -2.52. The molecule has 0 bridgehead atoms. The Labute approximate surface area is 151 Å². The van der Waals surface area contributed by atoms with E-state index in [0.29, 0.717) is 44.8 Å². The molecule has 8 heteroatoms. The molecule has 2 fully saturated rings. The number of amides is 3. The van der Waals surface area contributed by atoms with Gasteiger partial charge in [-0.25, -0.2) is 4.39 Å². The molecule has 2 heterocycles. The lowest BCUT2D eigenvalue weighted by atomic mass is 10.3. The van der Waals surface area contributed by atoms with Crippen LogP contribution in [0.3, 0.4) is 0 Å². The Hall–Kier alpha value is -2.48. The van der Waals surface area contributed by atoms with E-state index in [1.807, 2.05) is 4.90 Å². The molecule has 0 saturated carbocycles. The van der Waals surface area contributed by atoms with Crippen LogP contribution in [0.25, 0.3) is 0 Å². The zero-order chi connectivity index (χ0) is 18.5. The zero-order valence-electron chi connectivity index (χ0n) is 14.6. The molecule has 1 N–H and O–H groups in total. The van der Waals surface area contributed by atoms with Gasteiger partial charge in [-0.05, 0) is 24.6 Å². The molecule has 2 aliphatic rings. The summed E-state index contributed by atoms with van der Waals surface area (Å²) in [7, 11) is 0. The maximum absolute atomic E-state index is 13.1. The number of hydrogen-bond acceptors (Lipinski definition) is 4. The lowest BCUT2D eigenvalue weighted by molar-refractivity contribution is -0.139. The Morgan fingerprint density at radius 1 is 1.08 bits per heavy atom. The first-order valence-electron chi connectivity index (χ1n) is 8.84. The average molecular weight is 362 g/mol. The van der Waals surface area contributed by atoms with Gasteiger partial charge in [0, 0.05) is 44.8 Å². The molecule has 0 spiro atoms. The molecule has 2 saturated heterocycles. The van der Waals surface area contributed by atoms with Crippen molar-refractivity contribution in [2.45, 2.75) is 12.8 Å². The minimum atomic E-state index is -0.397. The van der Waals surface area contributed by atoms with Crippen LogP contribution in [-0.2, 0) is 14.4 Å². The Bertz CT molecular complexity index is 689. The quantitative estimate of drug-likeness (QED) is 0.829. The van der Waals surface area contributed by atoms with Gasteiger partial charge in [0.15, 0.2) is 0 Å². The number of likely N-dealkylation sites (tertiary alicyclic amines) is 1. The number of benzene rings is 1. The number of carbonyl (C=O) groups excluding carboxylic acids is 3. The van der Waals surface area contributed by atoms with E-state index >= 15 is 0 Å². The number of hydrogen-bond donors (Lipinski definition) is 1. The summed E-state index contributed by atoms with van der Waals surface area (Å²) in [5.41, 5.74) is 0.430. The fourth-order valence-electron chi connectivity index (χ4n) is 3.26. The smallest absolute Gasteiger partial charge is 0.242 e. The number of halogens is 1. The molecule has 0 aliphatic carbocycles. The van der Waals surface area contributed by atoms with E-state index in [2.05, 4.69) is 5.32 Å². The number of nitrogens with zero attached hydrogens (tertiary/aromatic N) is 3. The Morgan fingerprint density at radius 2 is 1.85 bits per heavy atom. The predicted molar refractivity (Wildman–Crippen MR) is 93.9 cm³/mol. The van der Waals surface area contributed by atoms with Gasteiger partial charge in [0.25, 0.3) is 0 Å². The minimum Gasteiger partial charge on any atom is -0.339 e. The maximum Gasteiger partial charge on any atom is 0.242 e. The van der Waals surface area contributed by atoms with Gasteiger partial charge in [0.05, 0.1) is 13.1 Å². The third-order valence-electron chi connectivity index (χ3n) is 4.70. The Morgan fingerprint density at radius 3 is 2.50 bits per heavy atom. The van der Waals surface area contributed by atoms with Crippen LogP contribution in [0.5, 0.6) is 0 Å². The highest BCUT2D eigenvalue weighted by Crippen LogP contribution is 2.12. The fourth-order valence-corrected chi connectivity index (χ4v) is 3.26. The van der Waals surface area contributed by atoms with Crippen LogP contribution in [0, 0.1) is 5.82 Å². The topological polar surface area (TPSA) is 73.0 Å².